The molecule has 1 aromatic rings. The van der Waals surface area contributed by atoms with E-state index >= 15 is 0 Å². The average molecular weight is 168 g/mol. The minimum Gasteiger partial charge on any atom is -0.368 e. The molecule has 0 aromatic carbocycles. The molecule has 0 aliphatic carbocycles. The molecule has 0 aliphatic heterocycles. The first-order valence-corrected chi connectivity index (χ1v) is 3.19. The topological polar surface area (TPSA) is 117 Å². The van der Waals surface area contributed by atoms with E-state index in [2.05, 4.69) is 21.5 Å². The highest BCUT2D eigenvalue weighted by molar-refractivity contribution is 5.33. The highest BCUT2D eigenvalue weighted by Crippen LogP contribution is 1.97. The van der Waals surface area contributed by atoms with Gasteiger partial charge in [-0.05, 0) is 6.92 Å². The molecule has 6 heteroatoms. The van der Waals surface area contributed by atoms with Crippen LogP contribution >= 0.6 is 0 Å². The molecule has 1 rings (SSSR count). The second kappa shape index (κ2) is 4.89. The third-order valence-corrected chi connectivity index (χ3v) is 0.687. The van der Waals surface area contributed by atoms with E-state index in [1.807, 2.05) is 6.92 Å². The van der Waals surface area contributed by atoms with Crippen molar-refractivity contribution >= 4 is 17.8 Å². The van der Waals surface area contributed by atoms with Crippen LogP contribution in [0, 0.1) is 0 Å². The van der Waals surface area contributed by atoms with E-state index in [-0.39, 0.29) is 17.8 Å². The van der Waals surface area contributed by atoms with E-state index in [1.54, 1.807) is 6.08 Å². The number of hydrogen-bond donors (Lipinski definition) is 3. The van der Waals surface area contributed by atoms with Gasteiger partial charge in [0.15, 0.2) is 0 Å². The summed E-state index contributed by atoms with van der Waals surface area (Å²) in [5.74, 6) is 0.125. The van der Waals surface area contributed by atoms with Crippen molar-refractivity contribution in [1.29, 1.82) is 0 Å². The van der Waals surface area contributed by atoms with E-state index in [1.165, 1.54) is 0 Å². The number of allylic oxidation sites excluding steroid dienone is 1. The van der Waals surface area contributed by atoms with Gasteiger partial charge in [-0.15, -0.1) is 6.58 Å². The first kappa shape index (κ1) is 10.2. The number of aromatic nitrogens is 3. The van der Waals surface area contributed by atoms with Crippen LogP contribution in [0.25, 0.3) is 0 Å². The largest absolute Gasteiger partial charge is 0.368 e. The predicted molar refractivity (Wildman–Crippen MR) is 48.9 cm³/mol. The molecule has 66 valence electrons. The summed E-state index contributed by atoms with van der Waals surface area (Å²) in [5.41, 5.74) is 15.4. The molecule has 12 heavy (non-hydrogen) atoms. The van der Waals surface area contributed by atoms with E-state index in [4.69, 9.17) is 17.2 Å². The van der Waals surface area contributed by atoms with Gasteiger partial charge in [0, 0.05) is 0 Å². The zero-order valence-corrected chi connectivity index (χ0v) is 6.86. The highest BCUT2D eigenvalue weighted by atomic mass is 15.2. The Balaban J connectivity index is 0.000000354. The summed E-state index contributed by atoms with van der Waals surface area (Å²) in [5, 5.41) is 0. The van der Waals surface area contributed by atoms with Gasteiger partial charge in [0.25, 0.3) is 0 Å². The van der Waals surface area contributed by atoms with Crippen LogP contribution in [0.5, 0.6) is 0 Å². The summed E-state index contributed by atoms with van der Waals surface area (Å²) in [7, 11) is 0. The van der Waals surface area contributed by atoms with Crippen molar-refractivity contribution in [1.82, 2.24) is 15.0 Å². The van der Waals surface area contributed by atoms with Crippen molar-refractivity contribution in [3.63, 3.8) is 0 Å². The molecular formula is C6H12N6. The fraction of sp³-hybridized carbons (Fsp3) is 0.167. The lowest BCUT2D eigenvalue weighted by molar-refractivity contribution is 1.09. The Bertz CT molecular complexity index is 208. The average Bonchev–Trinajstić information content (AvgIpc) is 1.84. The smallest absolute Gasteiger partial charge is 0.226 e. The van der Waals surface area contributed by atoms with E-state index in [0.29, 0.717) is 0 Å². The zero-order chi connectivity index (χ0) is 9.56. The molecule has 0 atom stereocenters. The van der Waals surface area contributed by atoms with Crippen molar-refractivity contribution in [3.05, 3.63) is 12.7 Å². The maximum atomic E-state index is 5.14. The van der Waals surface area contributed by atoms with Gasteiger partial charge in [-0.1, -0.05) is 6.08 Å². The predicted octanol–water partition coefficient (Wildman–Crippen LogP) is -0.189. The summed E-state index contributed by atoms with van der Waals surface area (Å²) >= 11 is 0. The molecule has 6 N–H and O–H groups in total. The van der Waals surface area contributed by atoms with Crippen molar-refractivity contribution in [2.24, 2.45) is 0 Å². The van der Waals surface area contributed by atoms with Crippen LogP contribution in [0.1, 0.15) is 6.92 Å². The van der Waals surface area contributed by atoms with Crippen LogP contribution in [0.4, 0.5) is 17.8 Å². The van der Waals surface area contributed by atoms with Crippen LogP contribution < -0.4 is 17.2 Å². The molecule has 0 spiro atoms. The Morgan fingerprint density at radius 3 is 1.33 bits per heavy atom. The summed E-state index contributed by atoms with van der Waals surface area (Å²) in [6, 6.07) is 0. The zero-order valence-electron chi connectivity index (χ0n) is 6.86. The SMILES string of the molecule is C=CC.Nc1nc(N)nc(N)n1. The third kappa shape index (κ3) is 4.04. The maximum absolute atomic E-state index is 5.14. The van der Waals surface area contributed by atoms with Gasteiger partial charge in [-0.3, -0.25) is 0 Å². The fourth-order valence-corrected chi connectivity index (χ4v) is 0.427. The van der Waals surface area contributed by atoms with Crippen LogP contribution in [-0.4, -0.2) is 15.0 Å². The molecule has 0 amide bonds. The lowest BCUT2D eigenvalue weighted by atomic mass is 10.8. The van der Waals surface area contributed by atoms with Gasteiger partial charge in [-0.2, -0.15) is 15.0 Å². The fourth-order valence-electron chi connectivity index (χ4n) is 0.427. The van der Waals surface area contributed by atoms with Crippen molar-refractivity contribution in [2.75, 3.05) is 17.2 Å². The van der Waals surface area contributed by atoms with Gasteiger partial charge in [0.05, 0.1) is 0 Å². The molecule has 0 bridgehead atoms. The first-order chi connectivity index (χ1) is 5.60. The number of nitrogen functional groups attached to an aromatic ring is 3. The quantitative estimate of drug-likeness (QED) is 0.462. The number of anilines is 3. The molecule has 1 heterocycles. The van der Waals surface area contributed by atoms with Crippen LogP contribution in [-0.2, 0) is 0 Å². The van der Waals surface area contributed by atoms with Crippen molar-refractivity contribution in [2.45, 2.75) is 6.92 Å². The van der Waals surface area contributed by atoms with E-state index in [9.17, 15) is 0 Å². The van der Waals surface area contributed by atoms with Gasteiger partial charge in [0.1, 0.15) is 0 Å². The Morgan fingerprint density at radius 2 is 1.17 bits per heavy atom. The van der Waals surface area contributed by atoms with E-state index < -0.39 is 0 Å². The maximum Gasteiger partial charge on any atom is 0.226 e. The molecular weight excluding hydrogens is 156 g/mol. The Kier molecular flexibility index (Phi) is 4.13. The van der Waals surface area contributed by atoms with Crippen molar-refractivity contribution < 1.29 is 0 Å². The number of nitrogens with two attached hydrogens (primary N) is 3. The summed E-state index contributed by atoms with van der Waals surface area (Å²) in [4.78, 5) is 10.5. The molecule has 0 aliphatic rings. The molecule has 0 saturated heterocycles. The monoisotopic (exact) mass is 168 g/mol. The summed E-state index contributed by atoms with van der Waals surface area (Å²) in [6.45, 7) is 5.25. The molecule has 0 fully saturated rings. The molecule has 0 saturated carbocycles. The normalized spacial score (nSPS) is 8.08. The minimum atomic E-state index is 0.0417. The molecule has 1 aromatic heterocycles. The minimum absolute atomic E-state index is 0.0417. The third-order valence-electron chi connectivity index (χ3n) is 0.687. The number of hydrogen-bond acceptors (Lipinski definition) is 6. The lowest BCUT2D eigenvalue weighted by Gasteiger charge is -1.93. The molecule has 0 radical (unpaired) electrons. The van der Waals surface area contributed by atoms with Gasteiger partial charge in [-0.25, -0.2) is 0 Å². The number of rotatable bonds is 0. The Labute approximate surface area is 70.5 Å². The first-order valence-electron chi connectivity index (χ1n) is 3.19. The van der Waals surface area contributed by atoms with Crippen LogP contribution in [0.3, 0.4) is 0 Å². The van der Waals surface area contributed by atoms with E-state index in [0.717, 1.165) is 0 Å². The van der Waals surface area contributed by atoms with Crippen LogP contribution in [0.2, 0.25) is 0 Å². The molecule has 0 unspecified atom stereocenters. The van der Waals surface area contributed by atoms with Gasteiger partial charge < -0.3 is 17.2 Å². The lowest BCUT2D eigenvalue weighted by Crippen LogP contribution is -2.05. The Hall–Kier alpha value is -1.85. The van der Waals surface area contributed by atoms with Crippen LogP contribution in [0.15, 0.2) is 12.7 Å². The number of nitrogens with zero attached hydrogens (tertiary/aromatic N) is 3. The second-order valence-electron chi connectivity index (χ2n) is 1.82. The molecule has 6 nitrogen and oxygen atoms in total. The van der Waals surface area contributed by atoms with Gasteiger partial charge in [0.2, 0.25) is 17.8 Å². The highest BCUT2D eigenvalue weighted by Gasteiger charge is 1.93. The summed E-state index contributed by atoms with van der Waals surface area (Å²) < 4.78 is 0. The second-order valence-corrected chi connectivity index (χ2v) is 1.82. The van der Waals surface area contributed by atoms with Crippen molar-refractivity contribution in [3.8, 4) is 0 Å². The Morgan fingerprint density at radius 1 is 1.00 bits per heavy atom. The summed E-state index contributed by atoms with van der Waals surface area (Å²) in [6.07, 6.45) is 1.75. The van der Waals surface area contributed by atoms with Gasteiger partial charge >= 0.3 is 0 Å². The standard InChI is InChI=1S/C3H6N6.C3H6/c4-1-7-2(5)9-3(6)8-1;1-3-2/h(H6,4,5,6,7,8,9);3H,1H2,2H3.